The summed E-state index contributed by atoms with van der Waals surface area (Å²) in [5.41, 5.74) is 1.00. The van der Waals surface area contributed by atoms with Gasteiger partial charge < -0.3 is 0 Å². The second-order valence-electron chi connectivity index (χ2n) is 8.41. The van der Waals surface area contributed by atoms with Crippen molar-refractivity contribution in [1.29, 1.82) is 0 Å². The number of hydrogen-bond donors (Lipinski definition) is 0. The molecule has 0 bridgehead atoms. The Morgan fingerprint density at radius 1 is 0.556 bits per heavy atom. The van der Waals surface area contributed by atoms with Crippen LogP contribution in [0.4, 0.5) is 22.0 Å². The molecule has 0 aliphatic carbocycles. The SMILES string of the molecule is CCCCCc1ccc(C#Cc2cc(F)c(C#Cc3ccc4cc(F)c(F)cc4c3)c(F)c2)c(F)c1. The third-order valence-corrected chi connectivity index (χ3v) is 5.70. The Labute approximate surface area is 206 Å². The Kier molecular flexibility index (Phi) is 7.71. The first-order valence-corrected chi connectivity index (χ1v) is 11.5. The van der Waals surface area contributed by atoms with Gasteiger partial charge in [-0.2, -0.15) is 0 Å². The van der Waals surface area contributed by atoms with E-state index >= 15 is 0 Å². The van der Waals surface area contributed by atoms with Gasteiger partial charge in [-0.3, -0.25) is 0 Å². The van der Waals surface area contributed by atoms with Crippen molar-refractivity contribution < 1.29 is 22.0 Å². The van der Waals surface area contributed by atoms with Gasteiger partial charge in [0.1, 0.15) is 17.5 Å². The smallest absolute Gasteiger partial charge is 0.159 e. The van der Waals surface area contributed by atoms with Crippen molar-refractivity contribution in [2.75, 3.05) is 0 Å². The number of unbranched alkanes of at least 4 members (excludes halogenated alkanes) is 2. The lowest BCUT2D eigenvalue weighted by molar-refractivity contribution is 0.511. The largest absolute Gasteiger partial charge is 0.206 e. The number of fused-ring (bicyclic) bond motifs is 1. The Hall–Kier alpha value is -4.09. The molecule has 0 aliphatic rings. The van der Waals surface area contributed by atoms with Crippen molar-refractivity contribution in [2.24, 2.45) is 0 Å². The number of aryl methyl sites for hydroxylation is 1. The van der Waals surface area contributed by atoms with Gasteiger partial charge in [0.2, 0.25) is 0 Å². The molecule has 36 heavy (non-hydrogen) atoms. The molecule has 0 N–H and O–H groups in total. The van der Waals surface area contributed by atoms with Crippen LogP contribution in [0.15, 0.2) is 60.7 Å². The summed E-state index contributed by atoms with van der Waals surface area (Å²) in [4.78, 5) is 0. The fourth-order valence-corrected chi connectivity index (χ4v) is 3.75. The van der Waals surface area contributed by atoms with Crippen LogP contribution in [0.2, 0.25) is 0 Å². The van der Waals surface area contributed by atoms with E-state index in [1.165, 1.54) is 12.1 Å². The Morgan fingerprint density at radius 3 is 1.94 bits per heavy atom. The molecular formula is C31H21F5. The van der Waals surface area contributed by atoms with Gasteiger partial charge in [-0.25, -0.2) is 22.0 Å². The van der Waals surface area contributed by atoms with Crippen molar-refractivity contribution in [3.05, 3.63) is 118 Å². The van der Waals surface area contributed by atoms with Crippen LogP contribution in [0.25, 0.3) is 10.8 Å². The van der Waals surface area contributed by atoms with Crippen molar-refractivity contribution >= 4 is 10.8 Å². The van der Waals surface area contributed by atoms with Crippen LogP contribution in [0.3, 0.4) is 0 Å². The molecule has 0 heterocycles. The maximum atomic E-state index is 14.6. The second-order valence-corrected chi connectivity index (χ2v) is 8.41. The van der Waals surface area contributed by atoms with Crippen LogP contribution in [-0.4, -0.2) is 0 Å². The van der Waals surface area contributed by atoms with E-state index in [4.69, 9.17) is 0 Å². The fourth-order valence-electron chi connectivity index (χ4n) is 3.75. The van der Waals surface area contributed by atoms with Gasteiger partial charge in [0.05, 0.1) is 11.1 Å². The van der Waals surface area contributed by atoms with E-state index < -0.39 is 34.6 Å². The fraction of sp³-hybridized carbons (Fsp3) is 0.161. The summed E-state index contributed by atoms with van der Waals surface area (Å²) in [6.45, 7) is 2.10. The molecule has 0 aliphatic heterocycles. The standard InChI is InChI=1S/C31H21F5/c1-2-3-4-5-20-6-10-23(27(32)15-20)11-8-22-16-28(33)26(29(34)17-22)13-9-21-7-12-24-18-30(35)31(36)19-25(24)14-21/h6-7,10,12,14-19H,2-5H2,1H3. The molecule has 0 amide bonds. The van der Waals surface area contributed by atoms with E-state index in [-0.39, 0.29) is 11.1 Å². The van der Waals surface area contributed by atoms with Crippen LogP contribution in [0, 0.1) is 52.8 Å². The third-order valence-electron chi connectivity index (χ3n) is 5.70. The first-order chi connectivity index (χ1) is 17.3. The van der Waals surface area contributed by atoms with Crippen LogP contribution in [0.1, 0.15) is 54.0 Å². The van der Waals surface area contributed by atoms with E-state index in [1.807, 2.05) is 0 Å². The summed E-state index contributed by atoms with van der Waals surface area (Å²) in [6.07, 6.45) is 3.92. The van der Waals surface area contributed by atoms with Gasteiger partial charge in [-0.15, -0.1) is 0 Å². The highest BCUT2D eigenvalue weighted by Gasteiger charge is 2.09. The molecule has 4 aromatic rings. The molecule has 0 saturated carbocycles. The van der Waals surface area contributed by atoms with Gasteiger partial charge >= 0.3 is 0 Å². The molecule has 0 aromatic heterocycles. The number of halogens is 5. The van der Waals surface area contributed by atoms with E-state index in [1.54, 1.807) is 24.3 Å². The van der Waals surface area contributed by atoms with Gasteiger partial charge in [-0.1, -0.05) is 55.6 Å². The number of rotatable bonds is 4. The molecule has 5 heteroatoms. The number of hydrogen-bond acceptors (Lipinski definition) is 0. The molecule has 0 radical (unpaired) electrons. The Bertz CT molecular complexity index is 1540. The highest BCUT2D eigenvalue weighted by molar-refractivity contribution is 5.84. The maximum Gasteiger partial charge on any atom is 0.159 e. The zero-order chi connectivity index (χ0) is 25.7. The lowest BCUT2D eigenvalue weighted by Crippen LogP contribution is -1.93. The van der Waals surface area contributed by atoms with Crippen molar-refractivity contribution in [3.63, 3.8) is 0 Å². The topological polar surface area (TPSA) is 0 Å². The first kappa shape index (κ1) is 25.0. The molecule has 0 saturated heterocycles. The average Bonchev–Trinajstić information content (AvgIpc) is 2.84. The monoisotopic (exact) mass is 488 g/mol. The minimum Gasteiger partial charge on any atom is -0.206 e. The van der Waals surface area contributed by atoms with Crippen molar-refractivity contribution in [2.45, 2.75) is 32.6 Å². The Morgan fingerprint density at radius 2 is 1.25 bits per heavy atom. The highest BCUT2D eigenvalue weighted by atomic mass is 19.2. The molecule has 0 unspecified atom stereocenters. The van der Waals surface area contributed by atoms with Crippen molar-refractivity contribution in [3.8, 4) is 23.7 Å². The van der Waals surface area contributed by atoms with E-state index in [0.29, 0.717) is 16.3 Å². The van der Waals surface area contributed by atoms with E-state index in [0.717, 1.165) is 55.5 Å². The molecule has 4 rings (SSSR count). The summed E-state index contributed by atoms with van der Waals surface area (Å²) in [6, 6.07) is 13.6. The van der Waals surface area contributed by atoms with Crippen LogP contribution in [-0.2, 0) is 6.42 Å². The summed E-state index contributed by atoms with van der Waals surface area (Å²) < 4.78 is 70.4. The lowest BCUT2D eigenvalue weighted by atomic mass is 10.0. The molecule has 0 fully saturated rings. The molecule has 4 aromatic carbocycles. The van der Waals surface area contributed by atoms with Gasteiger partial charge in [0.15, 0.2) is 11.6 Å². The molecular weight excluding hydrogens is 467 g/mol. The Balaban J connectivity index is 1.55. The first-order valence-electron chi connectivity index (χ1n) is 11.5. The summed E-state index contributed by atoms with van der Waals surface area (Å²) in [5.74, 6) is 6.07. The van der Waals surface area contributed by atoms with Gasteiger partial charge in [0, 0.05) is 11.1 Å². The molecule has 0 atom stereocenters. The molecule has 0 spiro atoms. The average molecular weight is 488 g/mol. The van der Waals surface area contributed by atoms with Crippen LogP contribution < -0.4 is 0 Å². The van der Waals surface area contributed by atoms with Crippen LogP contribution in [0.5, 0.6) is 0 Å². The third kappa shape index (κ3) is 5.93. The minimum atomic E-state index is -0.996. The summed E-state index contributed by atoms with van der Waals surface area (Å²) in [5, 5.41) is 0.885. The van der Waals surface area contributed by atoms with Gasteiger partial charge in [-0.05, 0) is 77.7 Å². The normalized spacial score (nSPS) is 10.5. The van der Waals surface area contributed by atoms with Gasteiger partial charge in [0.25, 0.3) is 0 Å². The zero-order valence-corrected chi connectivity index (χ0v) is 19.5. The molecule has 0 nitrogen and oxygen atoms in total. The van der Waals surface area contributed by atoms with E-state index in [9.17, 15) is 22.0 Å². The highest BCUT2D eigenvalue weighted by Crippen LogP contribution is 2.20. The number of benzene rings is 4. The lowest BCUT2D eigenvalue weighted by Gasteiger charge is -2.02. The minimum absolute atomic E-state index is 0.0465. The predicted octanol–water partition coefficient (Wildman–Crippen LogP) is 8.07. The second kappa shape index (κ2) is 11.1. The van der Waals surface area contributed by atoms with Crippen molar-refractivity contribution in [1.82, 2.24) is 0 Å². The van der Waals surface area contributed by atoms with Crippen LogP contribution >= 0.6 is 0 Å². The quantitative estimate of drug-likeness (QED) is 0.155. The maximum absolute atomic E-state index is 14.6. The summed E-state index contributed by atoms with van der Waals surface area (Å²) in [7, 11) is 0. The summed E-state index contributed by atoms with van der Waals surface area (Å²) >= 11 is 0. The zero-order valence-electron chi connectivity index (χ0n) is 19.5. The predicted molar refractivity (Wildman–Crippen MR) is 132 cm³/mol. The molecule has 180 valence electrons. The van der Waals surface area contributed by atoms with E-state index in [2.05, 4.69) is 30.6 Å².